The van der Waals surface area contributed by atoms with Crippen LogP contribution in [-0.4, -0.2) is 46.0 Å². The van der Waals surface area contributed by atoms with E-state index in [0.717, 1.165) is 53.7 Å². The molecule has 0 radical (unpaired) electrons. The summed E-state index contributed by atoms with van der Waals surface area (Å²) in [7, 11) is -4.12. The molecule has 3 saturated carbocycles. The van der Waals surface area contributed by atoms with Crippen LogP contribution in [0.3, 0.4) is 0 Å². The molecule has 3 aromatic heterocycles. The fourth-order valence-corrected chi connectivity index (χ4v) is 7.55. The van der Waals surface area contributed by atoms with Crippen molar-refractivity contribution in [2.75, 3.05) is 11.9 Å². The summed E-state index contributed by atoms with van der Waals surface area (Å²) >= 11 is 0. The van der Waals surface area contributed by atoms with Crippen molar-refractivity contribution in [3.05, 3.63) is 66.1 Å². The van der Waals surface area contributed by atoms with Crippen LogP contribution in [0.25, 0.3) is 22.4 Å². The molecule has 0 unspecified atom stereocenters. The lowest BCUT2D eigenvalue weighted by Crippen LogP contribution is -2.52. The predicted molar refractivity (Wildman–Crippen MR) is 147 cm³/mol. The van der Waals surface area contributed by atoms with Gasteiger partial charge in [0.15, 0.2) is 23.1 Å². The lowest BCUT2D eigenvalue weighted by atomic mass is 9.61. The molecule has 7 rings (SSSR count). The van der Waals surface area contributed by atoms with Gasteiger partial charge in [-0.25, -0.2) is 36.1 Å². The van der Waals surface area contributed by atoms with Gasteiger partial charge in [0, 0.05) is 23.2 Å². The Balaban J connectivity index is 1.42. The van der Waals surface area contributed by atoms with Crippen molar-refractivity contribution >= 4 is 32.8 Å². The Morgan fingerprint density at radius 1 is 1.07 bits per heavy atom. The van der Waals surface area contributed by atoms with Gasteiger partial charge in [0.2, 0.25) is 0 Å². The summed E-state index contributed by atoms with van der Waals surface area (Å²) in [6.07, 6.45) is 6.83. The molecule has 4 aromatic rings. The first-order chi connectivity index (χ1) is 19.7. The predicted octanol–water partition coefficient (Wildman–Crippen LogP) is 5.10. The van der Waals surface area contributed by atoms with Crippen molar-refractivity contribution in [2.24, 2.45) is 17.8 Å². The number of aromatic nitrogens is 4. The SMILES string of the molecule is CCOC(=O)[C@H]1[C@H]2CC[C@H](CC2)[C@@H]1Nc1nc(-c2cn(S(=O)(=O)c3ccc(C)cc3)c3ncc(F)cc23)ncc1F. The van der Waals surface area contributed by atoms with E-state index in [4.69, 9.17) is 4.74 Å². The topological polar surface area (TPSA) is 116 Å². The van der Waals surface area contributed by atoms with Crippen LogP contribution in [-0.2, 0) is 19.6 Å². The Morgan fingerprint density at radius 3 is 2.49 bits per heavy atom. The van der Waals surface area contributed by atoms with Crippen molar-refractivity contribution in [2.45, 2.75) is 50.5 Å². The maximum atomic E-state index is 15.1. The zero-order chi connectivity index (χ0) is 28.9. The molecule has 0 saturated heterocycles. The van der Waals surface area contributed by atoms with E-state index in [2.05, 4.69) is 20.3 Å². The Labute approximate surface area is 236 Å². The maximum Gasteiger partial charge on any atom is 0.311 e. The number of fused-ring (bicyclic) bond motifs is 4. The number of carbonyl (C=O) groups is 1. The van der Waals surface area contributed by atoms with E-state index in [1.54, 1.807) is 19.1 Å². The second kappa shape index (κ2) is 10.5. The number of halogens is 2. The summed E-state index contributed by atoms with van der Waals surface area (Å²) in [5, 5.41) is 3.32. The normalized spacial score (nSPS) is 22.1. The minimum Gasteiger partial charge on any atom is -0.466 e. The third kappa shape index (κ3) is 4.83. The maximum absolute atomic E-state index is 15.1. The van der Waals surface area contributed by atoms with Crippen LogP contribution < -0.4 is 5.32 Å². The molecule has 2 bridgehead atoms. The number of nitrogens with zero attached hydrogens (tertiary/aromatic N) is 4. The van der Waals surface area contributed by atoms with Gasteiger partial charge in [-0.05, 0) is 69.6 Å². The van der Waals surface area contributed by atoms with Crippen LogP contribution in [0.15, 0.2) is 53.8 Å². The molecule has 3 aliphatic carbocycles. The minimum absolute atomic E-state index is 0.0159. The molecule has 3 fully saturated rings. The van der Waals surface area contributed by atoms with Crippen LogP contribution >= 0.6 is 0 Å². The molecule has 1 N–H and O–H groups in total. The smallest absolute Gasteiger partial charge is 0.311 e. The van der Waals surface area contributed by atoms with Gasteiger partial charge < -0.3 is 10.1 Å². The molecule has 41 heavy (non-hydrogen) atoms. The molecule has 0 amide bonds. The van der Waals surface area contributed by atoms with Crippen molar-refractivity contribution < 1.29 is 26.7 Å². The Kier molecular flexibility index (Phi) is 6.96. The van der Waals surface area contributed by atoms with Crippen molar-refractivity contribution in [3.63, 3.8) is 0 Å². The number of nitrogens with one attached hydrogen (secondary N) is 1. The number of aryl methyl sites for hydroxylation is 1. The van der Waals surface area contributed by atoms with E-state index in [1.807, 2.05) is 6.92 Å². The average molecular weight is 582 g/mol. The molecule has 214 valence electrons. The van der Waals surface area contributed by atoms with E-state index >= 15 is 4.39 Å². The summed E-state index contributed by atoms with van der Waals surface area (Å²) in [6.45, 7) is 3.85. The molecule has 2 atom stereocenters. The van der Waals surface area contributed by atoms with Gasteiger partial charge in [-0.1, -0.05) is 17.7 Å². The van der Waals surface area contributed by atoms with Crippen molar-refractivity contribution in [3.8, 4) is 11.4 Å². The third-order valence-corrected chi connectivity index (χ3v) is 9.89. The van der Waals surface area contributed by atoms with Gasteiger partial charge in [-0.3, -0.25) is 4.79 Å². The number of pyridine rings is 1. The molecule has 0 aliphatic heterocycles. The summed E-state index contributed by atoms with van der Waals surface area (Å²) in [5.41, 5.74) is 1.03. The fourth-order valence-electron chi connectivity index (χ4n) is 6.23. The van der Waals surface area contributed by atoms with Gasteiger partial charge in [-0.2, -0.15) is 0 Å². The highest BCUT2D eigenvalue weighted by molar-refractivity contribution is 7.90. The summed E-state index contributed by atoms with van der Waals surface area (Å²) in [4.78, 5) is 25.5. The lowest BCUT2D eigenvalue weighted by Gasteiger charge is -2.47. The van der Waals surface area contributed by atoms with E-state index in [9.17, 15) is 17.6 Å². The van der Waals surface area contributed by atoms with E-state index < -0.39 is 27.6 Å². The zero-order valence-corrected chi connectivity index (χ0v) is 23.4. The minimum atomic E-state index is -4.12. The number of rotatable bonds is 7. The molecular formula is C29H29F2N5O4S. The summed E-state index contributed by atoms with van der Waals surface area (Å²) in [6, 6.07) is 7.09. The monoisotopic (exact) mass is 581 g/mol. The first-order valence-electron chi connectivity index (χ1n) is 13.6. The number of carbonyl (C=O) groups excluding carboxylic acids is 1. The Morgan fingerprint density at radius 2 is 1.78 bits per heavy atom. The highest BCUT2D eigenvalue weighted by Gasteiger charge is 2.48. The van der Waals surface area contributed by atoms with Crippen molar-refractivity contribution in [1.29, 1.82) is 0 Å². The quantitative estimate of drug-likeness (QED) is 0.300. The van der Waals surface area contributed by atoms with Crippen LogP contribution in [0.1, 0.15) is 38.2 Å². The second-order valence-electron chi connectivity index (χ2n) is 10.7. The zero-order valence-electron chi connectivity index (χ0n) is 22.5. The highest BCUT2D eigenvalue weighted by atomic mass is 32.2. The molecule has 3 aliphatic rings. The van der Waals surface area contributed by atoms with Gasteiger partial charge >= 0.3 is 5.97 Å². The van der Waals surface area contributed by atoms with Crippen LogP contribution in [0.5, 0.6) is 0 Å². The van der Waals surface area contributed by atoms with Crippen molar-refractivity contribution in [1.82, 2.24) is 18.9 Å². The van der Waals surface area contributed by atoms with Gasteiger partial charge in [0.05, 0.1) is 29.8 Å². The molecule has 9 nitrogen and oxygen atoms in total. The van der Waals surface area contributed by atoms with Crippen LogP contribution in [0.4, 0.5) is 14.6 Å². The third-order valence-electron chi connectivity index (χ3n) is 8.22. The first-order valence-corrected chi connectivity index (χ1v) is 15.1. The number of esters is 1. The van der Waals surface area contributed by atoms with Gasteiger partial charge in [0.1, 0.15) is 5.82 Å². The number of hydrogen-bond acceptors (Lipinski definition) is 8. The summed E-state index contributed by atoms with van der Waals surface area (Å²) < 4.78 is 62.9. The van der Waals surface area contributed by atoms with E-state index in [0.29, 0.717) is 0 Å². The number of ether oxygens (including phenoxy) is 1. The molecular weight excluding hydrogens is 552 g/mol. The second-order valence-corrected chi connectivity index (χ2v) is 12.5. The summed E-state index contributed by atoms with van der Waals surface area (Å²) in [5.74, 6) is -1.99. The van der Waals surface area contributed by atoms with E-state index in [-0.39, 0.29) is 63.6 Å². The lowest BCUT2D eigenvalue weighted by molar-refractivity contribution is -0.154. The Bertz CT molecular complexity index is 1730. The van der Waals surface area contributed by atoms with Gasteiger partial charge in [0.25, 0.3) is 10.0 Å². The highest BCUT2D eigenvalue weighted by Crippen LogP contribution is 2.47. The number of anilines is 1. The van der Waals surface area contributed by atoms with E-state index in [1.165, 1.54) is 18.3 Å². The first kappa shape index (κ1) is 27.3. The molecule has 0 spiro atoms. The molecule has 3 heterocycles. The van der Waals surface area contributed by atoms with Gasteiger partial charge in [-0.15, -0.1) is 0 Å². The van der Waals surface area contributed by atoms with Crippen LogP contribution in [0, 0.1) is 36.3 Å². The number of hydrogen-bond donors (Lipinski definition) is 1. The van der Waals surface area contributed by atoms with Crippen LogP contribution in [0.2, 0.25) is 0 Å². The standard InChI is InChI=1S/C29H29F2N5O4S/c1-3-40-29(37)24-17-6-8-18(9-7-17)25(24)34-27-23(31)14-32-26(35-27)22-15-36(28-21(22)12-19(30)13-33-28)41(38,39)20-10-4-16(2)5-11-20/h4-5,10-15,17-18,24-25H,3,6-9H2,1-2H3,(H,32,34,35)/t17-,18+,24-,25-/m0/s1. The molecule has 1 aromatic carbocycles. The average Bonchev–Trinajstić information content (AvgIpc) is 3.34. The fraction of sp³-hybridized carbons (Fsp3) is 0.379. The largest absolute Gasteiger partial charge is 0.466 e. The molecule has 12 heteroatoms. The Hall–Kier alpha value is -3.93. The number of benzene rings is 1.